The summed E-state index contributed by atoms with van der Waals surface area (Å²) in [5, 5.41) is 17.7. The highest BCUT2D eigenvalue weighted by atomic mass is 35.5. The van der Waals surface area contributed by atoms with Crippen LogP contribution in [0.1, 0.15) is 35.9 Å². The molecule has 0 bridgehead atoms. The number of benzene rings is 1. The number of Topliss-reactive ketones (excluding diaryl/α,β-unsaturated/α-hetero) is 1. The Morgan fingerprint density at radius 1 is 1.42 bits per heavy atom. The second kappa shape index (κ2) is 6.54. The van der Waals surface area contributed by atoms with Gasteiger partial charge in [0.05, 0.1) is 17.5 Å². The van der Waals surface area contributed by atoms with Gasteiger partial charge >= 0.3 is 5.97 Å². The Balaban J connectivity index is 3.41. The van der Waals surface area contributed by atoms with Gasteiger partial charge in [-0.05, 0) is 19.9 Å². The molecule has 0 aromatic heterocycles. The lowest BCUT2D eigenvalue weighted by atomic mass is 9.96. The molecule has 1 rings (SSSR count). The molecule has 2 N–H and O–H groups in total. The van der Waals surface area contributed by atoms with Crippen LogP contribution in [0.3, 0.4) is 0 Å². The molecule has 6 heteroatoms. The van der Waals surface area contributed by atoms with Crippen LogP contribution in [0.4, 0.5) is 0 Å². The molecular formula is C13H15ClO5. The first kappa shape index (κ1) is 15.5. The van der Waals surface area contributed by atoms with E-state index in [4.69, 9.17) is 21.4 Å². The second-order valence-electron chi connectivity index (χ2n) is 3.87. The van der Waals surface area contributed by atoms with E-state index in [1.165, 1.54) is 25.1 Å². The van der Waals surface area contributed by atoms with Crippen molar-refractivity contribution in [3.05, 3.63) is 29.3 Å². The number of hydrogen-bond donors (Lipinski definition) is 2. The molecule has 0 amide bonds. The van der Waals surface area contributed by atoms with E-state index >= 15 is 0 Å². The maximum absolute atomic E-state index is 12.1. The van der Waals surface area contributed by atoms with Gasteiger partial charge in [-0.25, -0.2) is 4.79 Å². The molecule has 1 aromatic carbocycles. The molecule has 0 aliphatic rings. The van der Waals surface area contributed by atoms with Gasteiger partial charge in [-0.1, -0.05) is 12.1 Å². The monoisotopic (exact) mass is 286 g/mol. The van der Waals surface area contributed by atoms with Crippen LogP contribution in [-0.2, 0) is 4.79 Å². The van der Waals surface area contributed by atoms with E-state index in [2.05, 4.69) is 0 Å². The minimum absolute atomic E-state index is 0.0155. The first-order valence-electron chi connectivity index (χ1n) is 5.75. The van der Waals surface area contributed by atoms with E-state index in [-0.39, 0.29) is 16.9 Å². The molecule has 0 aliphatic carbocycles. The number of aliphatic hydroxyl groups is 1. The average molecular weight is 287 g/mol. The van der Waals surface area contributed by atoms with Crippen molar-refractivity contribution < 1.29 is 24.5 Å². The maximum Gasteiger partial charge on any atom is 0.337 e. The summed E-state index contributed by atoms with van der Waals surface area (Å²) in [6.45, 7) is 3.52. The van der Waals surface area contributed by atoms with Crippen LogP contribution in [0.15, 0.2) is 18.2 Å². The van der Waals surface area contributed by atoms with E-state index in [1.54, 1.807) is 6.92 Å². The third-order valence-electron chi connectivity index (χ3n) is 2.49. The summed E-state index contributed by atoms with van der Waals surface area (Å²) in [6.07, 6.45) is -1.80. The van der Waals surface area contributed by atoms with E-state index < -0.39 is 23.2 Å². The largest absolute Gasteiger partial charge is 0.493 e. The number of halogens is 1. The lowest BCUT2D eigenvalue weighted by Gasteiger charge is -2.16. The molecule has 0 saturated heterocycles. The van der Waals surface area contributed by atoms with Gasteiger partial charge in [-0.15, -0.1) is 11.6 Å². The number of ketones is 1. The van der Waals surface area contributed by atoms with E-state index in [9.17, 15) is 14.7 Å². The number of carboxylic acid groups (broad SMARTS) is 1. The zero-order chi connectivity index (χ0) is 14.6. The van der Waals surface area contributed by atoms with Crippen molar-refractivity contribution in [2.24, 2.45) is 0 Å². The fourth-order valence-corrected chi connectivity index (χ4v) is 1.76. The molecule has 2 unspecified atom stereocenters. The Morgan fingerprint density at radius 3 is 2.53 bits per heavy atom. The van der Waals surface area contributed by atoms with Gasteiger partial charge in [0.1, 0.15) is 5.75 Å². The molecule has 104 valence electrons. The predicted octanol–water partition coefficient (Wildman–Crippen LogP) is 2.01. The third kappa shape index (κ3) is 3.45. The third-order valence-corrected chi connectivity index (χ3v) is 2.69. The van der Waals surface area contributed by atoms with Crippen molar-refractivity contribution in [3.8, 4) is 5.75 Å². The fraction of sp³-hybridized carbons (Fsp3) is 0.385. The average Bonchev–Trinajstić information content (AvgIpc) is 2.37. The summed E-state index contributed by atoms with van der Waals surface area (Å²) in [6, 6.07) is 4.42. The molecule has 5 nitrogen and oxygen atoms in total. The number of aliphatic hydroxyl groups excluding tert-OH is 1. The minimum Gasteiger partial charge on any atom is -0.493 e. The second-order valence-corrected chi connectivity index (χ2v) is 4.53. The molecular weight excluding hydrogens is 272 g/mol. The van der Waals surface area contributed by atoms with Crippen molar-refractivity contribution in [2.45, 2.75) is 25.3 Å². The van der Waals surface area contributed by atoms with Crippen LogP contribution >= 0.6 is 11.6 Å². The van der Waals surface area contributed by atoms with Gasteiger partial charge < -0.3 is 14.9 Å². The lowest BCUT2D eigenvalue weighted by molar-refractivity contribution is -0.146. The van der Waals surface area contributed by atoms with Gasteiger partial charge in [-0.2, -0.15) is 0 Å². The zero-order valence-corrected chi connectivity index (χ0v) is 11.3. The number of carboxylic acids is 1. The van der Waals surface area contributed by atoms with Crippen LogP contribution in [0, 0.1) is 0 Å². The number of hydrogen-bond acceptors (Lipinski definition) is 4. The summed E-state index contributed by atoms with van der Waals surface area (Å²) in [4.78, 5) is 23.0. The van der Waals surface area contributed by atoms with E-state index in [0.717, 1.165) is 0 Å². The van der Waals surface area contributed by atoms with Crippen LogP contribution in [0.25, 0.3) is 0 Å². The number of carbonyl (C=O) groups excluding carboxylic acids is 1. The van der Waals surface area contributed by atoms with Crippen molar-refractivity contribution in [2.75, 3.05) is 6.61 Å². The van der Waals surface area contributed by atoms with Crippen LogP contribution in [0.5, 0.6) is 5.75 Å². The molecule has 0 radical (unpaired) electrons. The first-order chi connectivity index (χ1) is 8.90. The van der Waals surface area contributed by atoms with Gasteiger partial charge in [0.2, 0.25) is 0 Å². The highest BCUT2D eigenvalue weighted by molar-refractivity contribution is 6.34. The number of carbonyl (C=O) groups is 2. The Kier molecular flexibility index (Phi) is 5.32. The minimum atomic E-state index is -1.80. The van der Waals surface area contributed by atoms with Crippen molar-refractivity contribution >= 4 is 23.4 Å². The highest BCUT2D eigenvalue weighted by Crippen LogP contribution is 2.29. The van der Waals surface area contributed by atoms with E-state index in [0.29, 0.717) is 6.61 Å². The van der Waals surface area contributed by atoms with Crippen LogP contribution in [-0.4, -0.2) is 33.9 Å². The Labute approximate surface area is 115 Å². The maximum atomic E-state index is 12.1. The summed E-state index contributed by atoms with van der Waals surface area (Å²) in [7, 11) is 0. The number of ether oxygens (including phenoxy) is 1. The first-order valence-corrected chi connectivity index (χ1v) is 6.18. The number of rotatable bonds is 6. The van der Waals surface area contributed by atoms with Gasteiger partial charge in [0, 0.05) is 5.56 Å². The Hall–Kier alpha value is -1.59. The highest BCUT2D eigenvalue weighted by Gasteiger charge is 2.27. The Morgan fingerprint density at radius 2 is 2.05 bits per heavy atom. The number of aliphatic carboxylic acids is 1. The van der Waals surface area contributed by atoms with Gasteiger partial charge in [0.15, 0.2) is 11.9 Å². The summed E-state index contributed by atoms with van der Waals surface area (Å²) >= 11 is 5.76. The van der Waals surface area contributed by atoms with Crippen molar-refractivity contribution in [1.82, 2.24) is 0 Å². The smallest absolute Gasteiger partial charge is 0.337 e. The van der Waals surface area contributed by atoms with Crippen LogP contribution in [0.2, 0.25) is 0 Å². The molecule has 0 aliphatic heterocycles. The van der Waals surface area contributed by atoms with E-state index in [1.807, 2.05) is 0 Å². The lowest BCUT2D eigenvalue weighted by Crippen LogP contribution is -2.20. The quantitative estimate of drug-likeness (QED) is 0.617. The molecule has 0 heterocycles. The van der Waals surface area contributed by atoms with Gasteiger partial charge in [-0.3, -0.25) is 4.79 Å². The number of alkyl halides is 1. The molecule has 0 saturated carbocycles. The van der Waals surface area contributed by atoms with Crippen LogP contribution < -0.4 is 4.74 Å². The topological polar surface area (TPSA) is 83.8 Å². The molecule has 1 aromatic rings. The molecule has 19 heavy (non-hydrogen) atoms. The summed E-state index contributed by atoms with van der Waals surface area (Å²) < 4.78 is 5.30. The summed E-state index contributed by atoms with van der Waals surface area (Å²) in [5.41, 5.74) is -0.00213. The molecule has 2 atom stereocenters. The predicted molar refractivity (Wildman–Crippen MR) is 69.9 cm³/mol. The fourth-order valence-electron chi connectivity index (χ4n) is 1.65. The molecule has 0 fully saturated rings. The zero-order valence-electron chi connectivity index (χ0n) is 10.6. The normalized spacial score (nSPS) is 13.7. The standard InChI is InChI=1S/C13H15ClO5/c1-3-19-9-6-4-5-8(12(16)13(17)18)10(9)11(15)7(2)14/h4-7,12,16H,3H2,1-2H3,(H,17,18). The van der Waals surface area contributed by atoms with Gasteiger partial charge in [0.25, 0.3) is 0 Å². The summed E-state index contributed by atoms with van der Waals surface area (Å²) in [5.74, 6) is -1.70. The Bertz CT molecular complexity index is 484. The SMILES string of the molecule is CCOc1cccc(C(O)C(=O)O)c1C(=O)C(C)Cl. The van der Waals surface area contributed by atoms with Crippen molar-refractivity contribution in [1.29, 1.82) is 0 Å². The molecule has 0 spiro atoms. The van der Waals surface area contributed by atoms with Crippen molar-refractivity contribution in [3.63, 3.8) is 0 Å².